The minimum atomic E-state index is -0.563. The molecule has 3 aromatic rings. The highest BCUT2D eigenvalue weighted by molar-refractivity contribution is 6.30. The van der Waals surface area contributed by atoms with E-state index in [1.54, 1.807) is 12.1 Å². The van der Waals surface area contributed by atoms with Crippen LogP contribution < -0.4 is 10.6 Å². The predicted molar refractivity (Wildman–Crippen MR) is 121 cm³/mol. The Labute approximate surface area is 190 Å². The van der Waals surface area contributed by atoms with E-state index in [0.717, 1.165) is 5.69 Å². The van der Waals surface area contributed by atoms with Crippen LogP contribution in [0.4, 0.5) is 14.5 Å². The molecule has 5 nitrogen and oxygen atoms in total. The van der Waals surface area contributed by atoms with Crippen molar-refractivity contribution in [2.24, 2.45) is 0 Å². The molecule has 1 aliphatic rings. The zero-order valence-electron chi connectivity index (χ0n) is 18.1. The summed E-state index contributed by atoms with van der Waals surface area (Å²) in [5.41, 5.74) is 1.68. The zero-order chi connectivity index (χ0) is 23.0. The molecule has 0 radical (unpaired) electrons. The number of nitrogens with zero attached hydrogens (tertiary/aromatic N) is 2. The Hall–Kier alpha value is -2.77. The third-order valence-corrected chi connectivity index (χ3v) is 5.97. The van der Waals surface area contributed by atoms with E-state index in [9.17, 15) is 13.6 Å². The number of aromatic nitrogens is 2. The van der Waals surface area contributed by atoms with Crippen LogP contribution in [0.5, 0.6) is 0 Å². The minimum absolute atomic E-state index is 0.0423. The second-order valence-electron chi connectivity index (χ2n) is 9.07. The molecule has 1 aliphatic heterocycles. The molecule has 2 aromatic carbocycles. The number of rotatable bonds is 4. The normalized spacial score (nSPS) is 21.0. The summed E-state index contributed by atoms with van der Waals surface area (Å²) in [7, 11) is 0. The Morgan fingerprint density at radius 2 is 1.97 bits per heavy atom. The maximum absolute atomic E-state index is 14.2. The summed E-state index contributed by atoms with van der Waals surface area (Å²) in [4.78, 5) is 12.9. The fourth-order valence-corrected chi connectivity index (χ4v) is 4.12. The molecule has 32 heavy (non-hydrogen) atoms. The number of hydrogen-bond acceptors (Lipinski definition) is 3. The number of benzene rings is 2. The Morgan fingerprint density at radius 1 is 1.19 bits per heavy atom. The fraction of sp³-hybridized carbons (Fsp3) is 0.333. The van der Waals surface area contributed by atoms with Crippen LogP contribution in [0.15, 0.2) is 54.7 Å². The molecule has 0 saturated carbocycles. The van der Waals surface area contributed by atoms with E-state index in [1.165, 1.54) is 30.3 Å². The van der Waals surface area contributed by atoms with Gasteiger partial charge in [0.2, 0.25) is 5.91 Å². The van der Waals surface area contributed by atoms with Gasteiger partial charge >= 0.3 is 0 Å². The van der Waals surface area contributed by atoms with Crippen molar-refractivity contribution < 1.29 is 13.6 Å². The van der Waals surface area contributed by atoms with Gasteiger partial charge in [-0.15, -0.1) is 0 Å². The van der Waals surface area contributed by atoms with Crippen molar-refractivity contribution >= 4 is 23.2 Å². The Morgan fingerprint density at radius 3 is 2.62 bits per heavy atom. The van der Waals surface area contributed by atoms with E-state index in [1.807, 2.05) is 16.9 Å². The molecular formula is C24H25ClF2N4O. The van der Waals surface area contributed by atoms with E-state index in [4.69, 9.17) is 16.7 Å². The summed E-state index contributed by atoms with van der Waals surface area (Å²) in [5.74, 6) is -1.39. The summed E-state index contributed by atoms with van der Waals surface area (Å²) in [6.07, 6.45) is 2.37. The smallest absolute Gasteiger partial charge is 0.241 e. The van der Waals surface area contributed by atoms with Gasteiger partial charge in [-0.2, -0.15) is 5.10 Å². The van der Waals surface area contributed by atoms with Gasteiger partial charge in [0, 0.05) is 23.8 Å². The van der Waals surface area contributed by atoms with Crippen LogP contribution in [0.2, 0.25) is 5.02 Å². The number of carbonyl (C=O) groups excluding carboxylic acids is 1. The SMILES string of the molecule is CC(C)(C)n1ccc([C@H]2C[C@@H](C(=O)Nc3cccc(F)c3)N[C@H]2c2ccc(Cl)c(F)c2)n1. The van der Waals surface area contributed by atoms with Crippen LogP contribution in [-0.4, -0.2) is 21.7 Å². The summed E-state index contributed by atoms with van der Waals surface area (Å²) >= 11 is 5.87. The molecule has 0 spiro atoms. The first-order valence-corrected chi connectivity index (χ1v) is 10.8. The van der Waals surface area contributed by atoms with E-state index in [-0.39, 0.29) is 28.4 Å². The largest absolute Gasteiger partial charge is 0.325 e. The molecule has 8 heteroatoms. The van der Waals surface area contributed by atoms with Gasteiger partial charge in [0.15, 0.2) is 0 Å². The standard InChI is InChI=1S/C24H25ClF2N4O/c1-24(2,3)31-10-9-20(30-31)17-13-21(23(32)28-16-6-4-5-15(26)12-16)29-22(17)14-7-8-18(25)19(27)11-14/h4-12,17,21-22,29H,13H2,1-3H3,(H,28,32)/t17-,21+,22+/m1/s1. The van der Waals surface area contributed by atoms with Crippen molar-refractivity contribution in [1.29, 1.82) is 0 Å². The average molecular weight is 459 g/mol. The Kier molecular flexibility index (Phi) is 6.05. The third kappa shape index (κ3) is 4.69. The van der Waals surface area contributed by atoms with E-state index in [0.29, 0.717) is 17.7 Å². The second-order valence-corrected chi connectivity index (χ2v) is 9.48. The molecule has 3 atom stereocenters. The minimum Gasteiger partial charge on any atom is -0.325 e. The summed E-state index contributed by atoms with van der Waals surface area (Å²) in [6, 6.07) is 11.4. The van der Waals surface area contributed by atoms with Crippen molar-refractivity contribution in [3.05, 3.63) is 82.6 Å². The third-order valence-electron chi connectivity index (χ3n) is 5.66. The Balaban J connectivity index is 1.63. The Bertz CT molecular complexity index is 1140. The molecule has 1 amide bonds. The van der Waals surface area contributed by atoms with Gasteiger partial charge in [-0.1, -0.05) is 23.7 Å². The van der Waals surface area contributed by atoms with Gasteiger partial charge in [0.25, 0.3) is 0 Å². The summed E-state index contributed by atoms with van der Waals surface area (Å²) in [6.45, 7) is 6.16. The van der Waals surface area contributed by atoms with Crippen molar-refractivity contribution in [3.63, 3.8) is 0 Å². The number of anilines is 1. The second kappa shape index (κ2) is 8.64. The van der Waals surface area contributed by atoms with Crippen LogP contribution in [0, 0.1) is 11.6 Å². The van der Waals surface area contributed by atoms with E-state index < -0.39 is 17.7 Å². The number of amides is 1. The highest BCUT2D eigenvalue weighted by Gasteiger charge is 2.40. The highest BCUT2D eigenvalue weighted by atomic mass is 35.5. The van der Waals surface area contributed by atoms with Crippen LogP contribution in [0.25, 0.3) is 0 Å². The van der Waals surface area contributed by atoms with Gasteiger partial charge in [-0.25, -0.2) is 8.78 Å². The lowest BCUT2D eigenvalue weighted by Crippen LogP contribution is -2.36. The van der Waals surface area contributed by atoms with E-state index in [2.05, 4.69) is 31.4 Å². The molecular weight excluding hydrogens is 434 g/mol. The van der Waals surface area contributed by atoms with Crippen molar-refractivity contribution in [3.8, 4) is 0 Å². The molecule has 1 fully saturated rings. The summed E-state index contributed by atoms with van der Waals surface area (Å²) in [5, 5.41) is 10.9. The summed E-state index contributed by atoms with van der Waals surface area (Å²) < 4.78 is 29.6. The molecule has 1 saturated heterocycles. The molecule has 4 rings (SSSR count). The first kappa shape index (κ1) is 22.4. The van der Waals surface area contributed by atoms with Crippen LogP contribution >= 0.6 is 11.6 Å². The highest BCUT2D eigenvalue weighted by Crippen LogP contribution is 2.41. The number of halogens is 3. The maximum atomic E-state index is 14.2. The lowest BCUT2D eigenvalue weighted by molar-refractivity contribution is -0.117. The van der Waals surface area contributed by atoms with Crippen molar-refractivity contribution in [2.75, 3.05) is 5.32 Å². The predicted octanol–water partition coefficient (Wildman–Crippen LogP) is 5.40. The first-order valence-electron chi connectivity index (χ1n) is 10.5. The molecule has 1 aromatic heterocycles. The number of hydrogen-bond donors (Lipinski definition) is 2. The first-order chi connectivity index (χ1) is 15.1. The molecule has 0 bridgehead atoms. The van der Waals surface area contributed by atoms with Gasteiger partial charge in [-0.05, 0) is 69.2 Å². The van der Waals surface area contributed by atoms with Gasteiger partial charge < -0.3 is 5.32 Å². The van der Waals surface area contributed by atoms with Crippen LogP contribution in [-0.2, 0) is 10.3 Å². The van der Waals surface area contributed by atoms with Crippen molar-refractivity contribution in [1.82, 2.24) is 15.1 Å². The lowest BCUT2D eigenvalue weighted by atomic mass is 9.90. The molecule has 0 unspecified atom stereocenters. The molecule has 2 heterocycles. The maximum Gasteiger partial charge on any atom is 0.241 e. The van der Waals surface area contributed by atoms with Gasteiger partial charge in [0.05, 0.1) is 22.3 Å². The topological polar surface area (TPSA) is 59.0 Å². The number of carbonyl (C=O) groups is 1. The lowest BCUT2D eigenvalue weighted by Gasteiger charge is -2.21. The van der Waals surface area contributed by atoms with Gasteiger partial charge in [-0.3, -0.25) is 14.8 Å². The van der Waals surface area contributed by atoms with Crippen LogP contribution in [0.1, 0.15) is 50.4 Å². The molecule has 2 N–H and O–H groups in total. The molecule has 168 valence electrons. The zero-order valence-corrected chi connectivity index (χ0v) is 18.8. The van der Waals surface area contributed by atoms with Crippen molar-refractivity contribution in [2.45, 2.75) is 50.7 Å². The van der Waals surface area contributed by atoms with Gasteiger partial charge in [0.1, 0.15) is 11.6 Å². The molecule has 0 aliphatic carbocycles. The van der Waals surface area contributed by atoms with E-state index >= 15 is 0 Å². The average Bonchev–Trinajstić information content (AvgIpc) is 3.37. The fourth-order valence-electron chi connectivity index (χ4n) is 4.00. The quantitative estimate of drug-likeness (QED) is 0.550. The van der Waals surface area contributed by atoms with Crippen LogP contribution in [0.3, 0.4) is 0 Å². The monoisotopic (exact) mass is 458 g/mol. The number of nitrogens with one attached hydrogen (secondary N) is 2.